The van der Waals surface area contributed by atoms with Gasteiger partial charge in [0.05, 0.1) is 13.3 Å². The number of methoxy groups -OCH3 is 1. The molecule has 0 saturated heterocycles. The van der Waals surface area contributed by atoms with E-state index in [4.69, 9.17) is 4.74 Å². The van der Waals surface area contributed by atoms with Gasteiger partial charge in [-0.05, 0) is 5.56 Å². The molecule has 0 atom stereocenters. The van der Waals surface area contributed by atoms with Crippen molar-refractivity contribution in [3.8, 4) is 16.9 Å². The first-order chi connectivity index (χ1) is 8.24. The Kier molecular flexibility index (Phi) is 3.05. The van der Waals surface area contributed by atoms with Gasteiger partial charge in [-0.3, -0.25) is 4.98 Å². The van der Waals surface area contributed by atoms with Crippen LogP contribution in [-0.4, -0.2) is 23.2 Å². The molecule has 0 amide bonds. The number of ether oxygens (including phenoxy) is 1. The Hall–Kier alpha value is -2.36. The molecule has 0 aliphatic rings. The summed E-state index contributed by atoms with van der Waals surface area (Å²) in [6, 6.07) is 9.24. The molecule has 86 valence electrons. The van der Waals surface area contributed by atoms with Crippen molar-refractivity contribution < 1.29 is 14.6 Å². The van der Waals surface area contributed by atoms with Crippen molar-refractivity contribution in [2.75, 3.05) is 7.11 Å². The van der Waals surface area contributed by atoms with E-state index in [1.54, 1.807) is 0 Å². The van der Waals surface area contributed by atoms with Gasteiger partial charge in [-0.2, -0.15) is 0 Å². The Morgan fingerprint density at radius 3 is 2.53 bits per heavy atom. The molecule has 1 N–H and O–H groups in total. The molecule has 4 nitrogen and oxygen atoms in total. The van der Waals surface area contributed by atoms with Crippen molar-refractivity contribution in [1.82, 2.24) is 4.98 Å². The predicted molar refractivity (Wildman–Crippen MR) is 63.2 cm³/mol. The molecule has 2 rings (SSSR count). The molecule has 0 fully saturated rings. The number of carboxylic acid groups (broad SMARTS) is 1. The number of benzene rings is 1. The van der Waals surface area contributed by atoms with Crippen LogP contribution >= 0.6 is 0 Å². The molecule has 0 unspecified atom stereocenters. The van der Waals surface area contributed by atoms with Crippen LogP contribution in [0.15, 0.2) is 42.7 Å². The highest BCUT2D eigenvalue weighted by Gasteiger charge is 2.17. The lowest BCUT2D eigenvalue weighted by Crippen LogP contribution is -2.04. The molecule has 2 aromatic rings. The second-order valence-corrected chi connectivity index (χ2v) is 3.44. The monoisotopic (exact) mass is 229 g/mol. The van der Waals surface area contributed by atoms with Crippen LogP contribution in [0.1, 0.15) is 10.4 Å². The molecule has 0 bridgehead atoms. The average Bonchev–Trinajstić information content (AvgIpc) is 2.38. The third-order valence-electron chi connectivity index (χ3n) is 2.43. The summed E-state index contributed by atoms with van der Waals surface area (Å²) in [5.74, 6) is -0.762. The zero-order chi connectivity index (χ0) is 12.3. The van der Waals surface area contributed by atoms with Gasteiger partial charge in [0, 0.05) is 11.8 Å². The van der Waals surface area contributed by atoms with Crippen molar-refractivity contribution >= 4 is 5.97 Å². The molecule has 0 saturated carbocycles. The van der Waals surface area contributed by atoms with Crippen LogP contribution in [0.2, 0.25) is 0 Å². The van der Waals surface area contributed by atoms with Gasteiger partial charge >= 0.3 is 5.97 Å². The summed E-state index contributed by atoms with van der Waals surface area (Å²) in [4.78, 5) is 15.3. The summed E-state index contributed by atoms with van der Waals surface area (Å²) >= 11 is 0. The Morgan fingerprint density at radius 2 is 1.94 bits per heavy atom. The van der Waals surface area contributed by atoms with E-state index in [1.165, 1.54) is 19.5 Å². The van der Waals surface area contributed by atoms with E-state index in [-0.39, 0.29) is 11.3 Å². The highest BCUT2D eigenvalue weighted by Crippen LogP contribution is 2.29. The normalized spacial score (nSPS) is 9.94. The van der Waals surface area contributed by atoms with Crippen LogP contribution in [0, 0.1) is 0 Å². The van der Waals surface area contributed by atoms with Crippen LogP contribution in [0.25, 0.3) is 11.1 Å². The summed E-state index contributed by atoms with van der Waals surface area (Å²) < 4.78 is 5.03. The average molecular weight is 229 g/mol. The zero-order valence-electron chi connectivity index (χ0n) is 9.25. The van der Waals surface area contributed by atoms with Crippen LogP contribution in [0.3, 0.4) is 0 Å². The molecule has 0 aliphatic heterocycles. The highest BCUT2D eigenvalue weighted by molar-refractivity contribution is 5.98. The van der Waals surface area contributed by atoms with Crippen LogP contribution in [0.5, 0.6) is 5.75 Å². The Morgan fingerprint density at radius 1 is 1.24 bits per heavy atom. The molecular weight excluding hydrogens is 218 g/mol. The van der Waals surface area contributed by atoms with Crippen LogP contribution in [-0.2, 0) is 0 Å². The molecule has 0 aliphatic carbocycles. The zero-order valence-corrected chi connectivity index (χ0v) is 9.25. The van der Waals surface area contributed by atoms with Crippen molar-refractivity contribution in [3.63, 3.8) is 0 Å². The summed E-state index contributed by atoms with van der Waals surface area (Å²) in [6.07, 6.45) is 2.93. The smallest absolute Gasteiger partial charge is 0.340 e. The maximum Gasteiger partial charge on any atom is 0.340 e. The minimum Gasteiger partial charge on any atom is -0.494 e. The summed E-state index contributed by atoms with van der Waals surface area (Å²) in [5.41, 5.74) is 1.49. The van der Waals surface area contributed by atoms with Crippen LogP contribution in [0.4, 0.5) is 0 Å². The van der Waals surface area contributed by atoms with E-state index in [0.717, 1.165) is 5.56 Å². The topological polar surface area (TPSA) is 59.4 Å². The molecule has 17 heavy (non-hydrogen) atoms. The van der Waals surface area contributed by atoms with E-state index in [2.05, 4.69) is 4.98 Å². The van der Waals surface area contributed by atoms with Gasteiger partial charge in [0.1, 0.15) is 5.56 Å². The molecule has 1 heterocycles. The number of carbonyl (C=O) groups is 1. The maximum absolute atomic E-state index is 11.3. The second kappa shape index (κ2) is 4.65. The Bertz CT molecular complexity index is 538. The molecule has 1 aromatic heterocycles. The summed E-state index contributed by atoms with van der Waals surface area (Å²) in [5, 5.41) is 9.23. The number of hydrogen-bond acceptors (Lipinski definition) is 3. The van der Waals surface area contributed by atoms with Gasteiger partial charge in [0.15, 0.2) is 5.75 Å². The van der Waals surface area contributed by atoms with E-state index in [9.17, 15) is 9.90 Å². The fourth-order valence-electron chi connectivity index (χ4n) is 1.65. The summed E-state index contributed by atoms with van der Waals surface area (Å²) in [6.45, 7) is 0. The van der Waals surface area contributed by atoms with Gasteiger partial charge in [-0.15, -0.1) is 0 Å². The van der Waals surface area contributed by atoms with Crippen LogP contribution < -0.4 is 4.74 Å². The highest BCUT2D eigenvalue weighted by atomic mass is 16.5. The molecule has 0 spiro atoms. The lowest BCUT2D eigenvalue weighted by atomic mass is 10.0. The largest absolute Gasteiger partial charge is 0.494 e. The summed E-state index contributed by atoms with van der Waals surface area (Å²) in [7, 11) is 1.43. The molecular formula is C13H11NO3. The quantitative estimate of drug-likeness (QED) is 0.878. The van der Waals surface area contributed by atoms with Gasteiger partial charge < -0.3 is 9.84 Å². The number of carboxylic acids is 1. The maximum atomic E-state index is 11.3. The third-order valence-corrected chi connectivity index (χ3v) is 2.43. The lowest BCUT2D eigenvalue weighted by molar-refractivity contribution is 0.0694. The number of hydrogen-bond donors (Lipinski definition) is 1. The fourth-order valence-corrected chi connectivity index (χ4v) is 1.65. The van der Waals surface area contributed by atoms with Crippen molar-refractivity contribution in [3.05, 3.63) is 48.3 Å². The SMILES string of the molecule is COc1cncc(-c2ccccc2)c1C(=O)O. The van der Waals surface area contributed by atoms with Crippen molar-refractivity contribution in [1.29, 1.82) is 0 Å². The first-order valence-electron chi connectivity index (χ1n) is 5.04. The number of rotatable bonds is 3. The Balaban J connectivity index is 2.66. The van der Waals surface area contributed by atoms with Gasteiger partial charge in [0.2, 0.25) is 0 Å². The van der Waals surface area contributed by atoms with Crippen molar-refractivity contribution in [2.24, 2.45) is 0 Å². The third kappa shape index (κ3) is 2.10. The van der Waals surface area contributed by atoms with Crippen molar-refractivity contribution in [2.45, 2.75) is 0 Å². The molecule has 0 radical (unpaired) electrons. The van der Waals surface area contributed by atoms with Gasteiger partial charge in [-0.1, -0.05) is 30.3 Å². The number of nitrogens with zero attached hydrogens (tertiary/aromatic N) is 1. The van der Waals surface area contributed by atoms with Gasteiger partial charge in [-0.25, -0.2) is 4.79 Å². The first kappa shape index (κ1) is 11.1. The standard InChI is InChI=1S/C13H11NO3/c1-17-11-8-14-7-10(12(11)13(15)16)9-5-3-2-4-6-9/h2-8H,1H3,(H,15,16). The number of aromatic nitrogens is 1. The number of aromatic carboxylic acids is 1. The molecule has 1 aromatic carbocycles. The molecule has 4 heteroatoms. The van der Waals surface area contributed by atoms with E-state index < -0.39 is 5.97 Å². The minimum absolute atomic E-state index is 0.133. The Labute approximate surface area is 98.5 Å². The minimum atomic E-state index is -1.02. The van der Waals surface area contributed by atoms with E-state index >= 15 is 0 Å². The number of pyridine rings is 1. The first-order valence-corrected chi connectivity index (χ1v) is 5.04. The lowest BCUT2D eigenvalue weighted by Gasteiger charge is -2.09. The van der Waals surface area contributed by atoms with Gasteiger partial charge in [0.25, 0.3) is 0 Å². The van der Waals surface area contributed by atoms with E-state index in [0.29, 0.717) is 5.56 Å². The van der Waals surface area contributed by atoms with E-state index in [1.807, 2.05) is 30.3 Å². The predicted octanol–water partition coefficient (Wildman–Crippen LogP) is 2.46. The second-order valence-electron chi connectivity index (χ2n) is 3.44. The fraction of sp³-hybridized carbons (Fsp3) is 0.0769.